The Hall–Kier alpha value is -1.86. The SMILES string of the molecule is CCNCc1ccc(Sc2nc(=O)c(=O)[nH]n2C)cc1C. The fraction of sp³-hybridized carbons (Fsp3) is 0.357. The van der Waals surface area contributed by atoms with Gasteiger partial charge in [0.05, 0.1) is 0 Å². The van der Waals surface area contributed by atoms with Crippen molar-refractivity contribution in [2.75, 3.05) is 6.54 Å². The summed E-state index contributed by atoms with van der Waals surface area (Å²) in [6, 6.07) is 6.10. The summed E-state index contributed by atoms with van der Waals surface area (Å²) in [5.41, 5.74) is 0.940. The molecule has 1 aromatic heterocycles. The third kappa shape index (κ3) is 3.83. The van der Waals surface area contributed by atoms with Crippen LogP contribution in [-0.2, 0) is 13.6 Å². The average molecular weight is 306 g/mol. The van der Waals surface area contributed by atoms with Crippen molar-refractivity contribution >= 4 is 11.8 Å². The van der Waals surface area contributed by atoms with Gasteiger partial charge in [-0.3, -0.25) is 19.4 Å². The molecule has 2 aromatic rings. The maximum absolute atomic E-state index is 11.3. The fourth-order valence-electron chi connectivity index (χ4n) is 1.85. The van der Waals surface area contributed by atoms with E-state index in [9.17, 15) is 9.59 Å². The maximum Gasteiger partial charge on any atom is 0.339 e. The highest BCUT2D eigenvalue weighted by atomic mass is 32.2. The highest BCUT2D eigenvalue weighted by Gasteiger charge is 2.07. The maximum atomic E-state index is 11.3. The topological polar surface area (TPSA) is 79.8 Å². The first kappa shape index (κ1) is 15.5. The van der Waals surface area contributed by atoms with E-state index < -0.39 is 11.1 Å². The van der Waals surface area contributed by atoms with Crippen LogP contribution >= 0.6 is 11.8 Å². The Morgan fingerprint density at radius 3 is 2.81 bits per heavy atom. The third-order valence-electron chi connectivity index (χ3n) is 3.04. The molecule has 6 nitrogen and oxygen atoms in total. The van der Waals surface area contributed by atoms with Gasteiger partial charge in [0, 0.05) is 18.5 Å². The summed E-state index contributed by atoms with van der Waals surface area (Å²) < 4.78 is 1.45. The summed E-state index contributed by atoms with van der Waals surface area (Å²) in [5, 5.41) is 6.19. The van der Waals surface area contributed by atoms with Crippen LogP contribution < -0.4 is 16.4 Å². The van der Waals surface area contributed by atoms with Gasteiger partial charge < -0.3 is 5.32 Å². The van der Waals surface area contributed by atoms with E-state index in [-0.39, 0.29) is 0 Å². The number of hydrogen-bond donors (Lipinski definition) is 2. The lowest BCUT2D eigenvalue weighted by Gasteiger charge is -2.10. The van der Waals surface area contributed by atoms with Crippen molar-refractivity contribution in [1.82, 2.24) is 20.1 Å². The van der Waals surface area contributed by atoms with Crippen LogP contribution in [0.4, 0.5) is 0 Å². The average Bonchev–Trinajstić information content (AvgIpc) is 2.44. The highest BCUT2D eigenvalue weighted by Crippen LogP contribution is 2.26. The molecule has 0 spiro atoms. The van der Waals surface area contributed by atoms with Crippen LogP contribution in [-0.4, -0.2) is 21.3 Å². The summed E-state index contributed by atoms with van der Waals surface area (Å²) >= 11 is 1.35. The second kappa shape index (κ2) is 6.73. The Bertz CT molecular complexity index is 751. The van der Waals surface area contributed by atoms with Crippen molar-refractivity contribution in [3.05, 3.63) is 50.0 Å². The molecule has 0 amide bonds. The van der Waals surface area contributed by atoms with Crippen LogP contribution in [0.15, 0.2) is 37.8 Å². The first-order chi connectivity index (χ1) is 10.0. The number of benzene rings is 1. The zero-order chi connectivity index (χ0) is 15.4. The molecule has 0 saturated heterocycles. The van der Waals surface area contributed by atoms with Crippen LogP contribution in [0.25, 0.3) is 0 Å². The van der Waals surface area contributed by atoms with Gasteiger partial charge in [-0.15, -0.1) is 0 Å². The van der Waals surface area contributed by atoms with Crippen molar-refractivity contribution in [3.63, 3.8) is 0 Å². The lowest BCUT2D eigenvalue weighted by atomic mass is 10.1. The zero-order valence-electron chi connectivity index (χ0n) is 12.3. The summed E-state index contributed by atoms with van der Waals surface area (Å²) in [6.07, 6.45) is 0. The third-order valence-corrected chi connectivity index (χ3v) is 4.07. The minimum atomic E-state index is -0.768. The number of H-pyrrole nitrogens is 1. The van der Waals surface area contributed by atoms with Gasteiger partial charge in [-0.1, -0.05) is 24.8 Å². The molecule has 7 heteroatoms. The Morgan fingerprint density at radius 2 is 2.14 bits per heavy atom. The number of aromatic nitrogens is 3. The van der Waals surface area contributed by atoms with Crippen molar-refractivity contribution < 1.29 is 0 Å². The molecule has 0 unspecified atom stereocenters. The van der Waals surface area contributed by atoms with Crippen LogP contribution in [0, 0.1) is 6.92 Å². The lowest BCUT2D eigenvalue weighted by molar-refractivity contribution is 0.596. The van der Waals surface area contributed by atoms with Crippen LogP contribution in [0.3, 0.4) is 0 Å². The van der Waals surface area contributed by atoms with Gasteiger partial charge in [-0.05, 0) is 36.7 Å². The van der Waals surface area contributed by atoms with E-state index in [1.807, 2.05) is 6.07 Å². The van der Waals surface area contributed by atoms with Gasteiger partial charge in [0.25, 0.3) is 0 Å². The van der Waals surface area contributed by atoms with Gasteiger partial charge in [-0.25, -0.2) is 0 Å². The van der Waals surface area contributed by atoms with Gasteiger partial charge in [0.2, 0.25) is 0 Å². The number of nitrogens with one attached hydrogen (secondary N) is 2. The van der Waals surface area contributed by atoms with Crippen molar-refractivity contribution in [2.45, 2.75) is 30.4 Å². The predicted octanol–water partition coefficient (Wildman–Crippen LogP) is 1.04. The van der Waals surface area contributed by atoms with E-state index >= 15 is 0 Å². The monoisotopic (exact) mass is 306 g/mol. The van der Waals surface area contributed by atoms with E-state index in [0.29, 0.717) is 5.16 Å². The summed E-state index contributed by atoms with van der Waals surface area (Å²) in [6.45, 7) is 5.89. The minimum absolute atomic E-state index is 0.457. The Labute approximate surface area is 126 Å². The summed E-state index contributed by atoms with van der Waals surface area (Å²) in [7, 11) is 1.66. The molecule has 0 bridgehead atoms. The molecular weight excluding hydrogens is 288 g/mol. The van der Waals surface area contributed by atoms with E-state index in [1.165, 1.54) is 27.6 Å². The number of aryl methyl sites for hydroxylation is 2. The highest BCUT2D eigenvalue weighted by molar-refractivity contribution is 7.99. The molecule has 1 heterocycles. The zero-order valence-corrected chi connectivity index (χ0v) is 13.1. The van der Waals surface area contributed by atoms with E-state index in [0.717, 1.165) is 18.0 Å². The number of rotatable bonds is 5. The molecule has 0 aliphatic rings. The Kier molecular flexibility index (Phi) is 4.98. The molecule has 0 fully saturated rings. The standard InChI is InChI=1S/C14H18N4O2S/c1-4-15-8-10-5-6-11(7-9(10)2)21-14-16-12(19)13(20)17-18(14)3/h5-7,15H,4,8H2,1-3H3,(H,17,20). The van der Waals surface area contributed by atoms with E-state index in [2.05, 4.69) is 41.4 Å². The first-order valence-corrected chi connectivity index (χ1v) is 7.48. The first-order valence-electron chi connectivity index (χ1n) is 6.66. The lowest BCUT2D eigenvalue weighted by Crippen LogP contribution is -2.33. The molecule has 0 radical (unpaired) electrons. The van der Waals surface area contributed by atoms with Gasteiger partial charge in [0.15, 0.2) is 5.16 Å². The van der Waals surface area contributed by atoms with E-state index in [1.54, 1.807) is 7.05 Å². The molecule has 0 aliphatic heterocycles. The molecular formula is C14H18N4O2S. The van der Waals surface area contributed by atoms with Gasteiger partial charge in [0.1, 0.15) is 0 Å². The number of aromatic amines is 1. The molecule has 112 valence electrons. The van der Waals surface area contributed by atoms with Crippen LogP contribution in [0.1, 0.15) is 18.1 Å². The second-order valence-electron chi connectivity index (χ2n) is 4.67. The molecule has 2 N–H and O–H groups in total. The molecule has 0 saturated carbocycles. The largest absolute Gasteiger partial charge is 0.339 e. The normalized spacial score (nSPS) is 10.8. The summed E-state index contributed by atoms with van der Waals surface area (Å²) in [5.74, 6) is 0. The van der Waals surface area contributed by atoms with Gasteiger partial charge >= 0.3 is 11.1 Å². The van der Waals surface area contributed by atoms with Crippen molar-refractivity contribution in [1.29, 1.82) is 0 Å². The predicted molar refractivity (Wildman–Crippen MR) is 82.8 cm³/mol. The number of hydrogen-bond acceptors (Lipinski definition) is 5. The second-order valence-corrected chi connectivity index (χ2v) is 5.71. The smallest absolute Gasteiger partial charge is 0.313 e. The van der Waals surface area contributed by atoms with Gasteiger partial charge in [-0.2, -0.15) is 4.98 Å². The molecule has 0 aliphatic carbocycles. The molecule has 0 atom stereocenters. The molecule has 21 heavy (non-hydrogen) atoms. The van der Waals surface area contributed by atoms with Crippen molar-refractivity contribution in [3.8, 4) is 0 Å². The quantitative estimate of drug-likeness (QED) is 0.807. The fourth-order valence-corrected chi connectivity index (χ4v) is 2.74. The Morgan fingerprint density at radius 1 is 1.38 bits per heavy atom. The van der Waals surface area contributed by atoms with E-state index in [4.69, 9.17) is 0 Å². The number of nitrogens with zero attached hydrogens (tertiary/aromatic N) is 2. The van der Waals surface area contributed by atoms with Crippen LogP contribution in [0.5, 0.6) is 0 Å². The summed E-state index contributed by atoms with van der Waals surface area (Å²) in [4.78, 5) is 27.3. The molecule has 2 rings (SSSR count). The minimum Gasteiger partial charge on any atom is -0.313 e. The van der Waals surface area contributed by atoms with Crippen LogP contribution in [0.2, 0.25) is 0 Å². The van der Waals surface area contributed by atoms with Crippen molar-refractivity contribution in [2.24, 2.45) is 7.05 Å². The molecule has 1 aromatic carbocycles. The Balaban J connectivity index is 2.24.